The van der Waals surface area contributed by atoms with E-state index < -0.39 is 23.5 Å². The van der Waals surface area contributed by atoms with Crippen molar-refractivity contribution in [1.82, 2.24) is 15.5 Å². The monoisotopic (exact) mass is 521 g/mol. The fourth-order valence-electron chi connectivity index (χ4n) is 5.08. The van der Waals surface area contributed by atoms with Gasteiger partial charge in [0.1, 0.15) is 6.04 Å². The van der Waals surface area contributed by atoms with Crippen molar-refractivity contribution in [2.75, 3.05) is 5.32 Å². The summed E-state index contributed by atoms with van der Waals surface area (Å²) in [5.74, 6) is -1.07. The number of carbonyl (C=O) groups is 4. The molecule has 5 rings (SSSR count). The molecule has 0 aliphatic carbocycles. The molecule has 1 unspecified atom stereocenters. The predicted molar refractivity (Wildman–Crippen MR) is 144 cm³/mol. The van der Waals surface area contributed by atoms with Gasteiger partial charge in [0.05, 0.1) is 17.2 Å². The van der Waals surface area contributed by atoms with E-state index in [1.165, 1.54) is 4.90 Å². The van der Waals surface area contributed by atoms with Crippen LogP contribution in [0.5, 0.6) is 0 Å². The summed E-state index contributed by atoms with van der Waals surface area (Å²) in [4.78, 5) is 51.1. The molecule has 2 aliphatic heterocycles. The molecule has 3 N–H and O–H groups in total. The summed E-state index contributed by atoms with van der Waals surface area (Å²) in [6.07, 6.45) is 0.476. The maximum absolute atomic E-state index is 13.0. The van der Waals surface area contributed by atoms with Crippen molar-refractivity contribution in [3.63, 3.8) is 0 Å². The van der Waals surface area contributed by atoms with Gasteiger partial charge in [-0.15, -0.1) is 0 Å². The van der Waals surface area contributed by atoms with Gasteiger partial charge in [0.25, 0.3) is 5.91 Å². The maximum atomic E-state index is 13.0. The van der Waals surface area contributed by atoms with Gasteiger partial charge in [-0.1, -0.05) is 36.4 Å². The highest BCUT2D eigenvalue weighted by Crippen LogP contribution is 2.31. The van der Waals surface area contributed by atoms with E-state index in [4.69, 9.17) is 0 Å². The zero-order valence-electron chi connectivity index (χ0n) is 21.6. The Labute approximate surface area is 225 Å². The first-order valence-electron chi connectivity index (χ1n) is 12.6. The second kappa shape index (κ2) is 10.1. The van der Waals surface area contributed by atoms with Crippen molar-refractivity contribution in [2.24, 2.45) is 0 Å². The molecule has 5 amide bonds. The third-order valence-corrected chi connectivity index (χ3v) is 7.15. The van der Waals surface area contributed by atoms with Crippen LogP contribution in [0.3, 0.4) is 0 Å². The van der Waals surface area contributed by atoms with E-state index in [2.05, 4.69) is 22.0 Å². The molecule has 0 bridgehead atoms. The number of imide groups is 1. The zero-order chi connectivity index (χ0) is 27.7. The third kappa shape index (κ3) is 5.09. The Morgan fingerprint density at radius 1 is 1.03 bits per heavy atom. The lowest BCUT2D eigenvalue weighted by atomic mass is 9.90. The second-order valence-electron chi connectivity index (χ2n) is 10.2. The molecular formula is C30H27N5O4. The van der Waals surface area contributed by atoms with E-state index in [9.17, 15) is 24.4 Å². The average Bonchev–Trinajstić information content (AvgIpc) is 3.23. The molecule has 0 radical (unpaired) electrons. The van der Waals surface area contributed by atoms with Crippen molar-refractivity contribution in [3.8, 4) is 17.2 Å². The molecule has 0 aromatic heterocycles. The quantitative estimate of drug-likeness (QED) is 0.436. The number of amides is 5. The van der Waals surface area contributed by atoms with Crippen LogP contribution < -0.4 is 16.0 Å². The van der Waals surface area contributed by atoms with Crippen molar-refractivity contribution < 1.29 is 19.2 Å². The van der Waals surface area contributed by atoms with Gasteiger partial charge in [0.15, 0.2) is 0 Å². The van der Waals surface area contributed by atoms with Crippen LogP contribution in [0.2, 0.25) is 0 Å². The Morgan fingerprint density at radius 3 is 2.59 bits per heavy atom. The van der Waals surface area contributed by atoms with Gasteiger partial charge in [-0.05, 0) is 72.9 Å². The fraction of sp³-hybridized carbons (Fsp3) is 0.233. The minimum absolute atomic E-state index is 0.188. The van der Waals surface area contributed by atoms with Crippen molar-refractivity contribution in [3.05, 3.63) is 89.0 Å². The number of nitriles is 1. The van der Waals surface area contributed by atoms with Gasteiger partial charge in [-0.25, -0.2) is 4.79 Å². The first-order valence-corrected chi connectivity index (χ1v) is 12.6. The molecule has 0 saturated carbocycles. The second-order valence-corrected chi connectivity index (χ2v) is 10.2. The van der Waals surface area contributed by atoms with E-state index in [-0.39, 0.29) is 31.2 Å². The summed E-state index contributed by atoms with van der Waals surface area (Å²) in [6, 6.07) is 21.2. The third-order valence-electron chi connectivity index (χ3n) is 7.15. The highest BCUT2D eigenvalue weighted by atomic mass is 16.2. The van der Waals surface area contributed by atoms with Crippen LogP contribution in [0.1, 0.15) is 53.7 Å². The van der Waals surface area contributed by atoms with Gasteiger partial charge in [0, 0.05) is 24.2 Å². The summed E-state index contributed by atoms with van der Waals surface area (Å²) in [5, 5.41) is 17.6. The molecule has 1 atom stereocenters. The molecular weight excluding hydrogens is 494 g/mol. The summed E-state index contributed by atoms with van der Waals surface area (Å²) in [5.41, 5.74) is 4.08. The van der Waals surface area contributed by atoms with Gasteiger partial charge in [0.2, 0.25) is 11.8 Å². The zero-order valence-corrected chi connectivity index (χ0v) is 21.6. The fourth-order valence-corrected chi connectivity index (χ4v) is 5.08. The summed E-state index contributed by atoms with van der Waals surface area (Å²) in [7, 11) is 0. The summed E-state index contributed by atoms with van der Waals surface area (Å²) in [6.45, 7) is 4.00. The average molecular weight is 522 g/mol. The summed E-state index contributed by atoms with van der Waals surface area (Å²) < 4.78 is 0. The lowest BCUT2D eigenvalue weighted by molar-refractivity contribution is -0.136. The minimum atomic E-state index is -0.739. The molecule has 2 heterocycles. The number of anilines is 1. The first kappa shape index (κ1) is 25.7. The van der Waals surface area contributed by atoms with Crippen molar-refractivity contribution in [2.45, 2.75) is 44.8 Å². The SMILES string of the molecule is CC(C)(NC(=O)Nc1ccc2c(c1)CN(C1CCC(=O)NC1=O)C2=O)c1cccc(-c2ccccc2C#N)c1. The number of hydrogen-bond donors (Lipinski definition) is 3. The van der Waals surface area contributed by atoms with E-state index in [0.29, 0.717) is 22.4 Å². The van der Waals surface area contributed by atoms with Crippen LogP contribution in [-0.4, -0.2) is 34.7 Å². The lowest BCUT2D eigenvalue weighted by Gasteiger charge is -2.29. The molecule has 9 heteroatoms. The van der Waals surface area contributed by atoms with Crippen LogP contribution in [0.15, 0.2) is 66.7 Å². The number of benzene rings is 3. The molecule has 3 aromatic carbocycles. The first-order chi connectivity index (χ1) is 18.7. The van der Waals surface area contributed by atoms with Gasteiger partial charge >= 0.3 is 6.03 Å². The van der Waals surface area contributed by atoms with Gasteiger partial charge in [-0.2, -0.15) is 5.26 Å². The minimum Gasteiger partial charge on any atom is -0.329 e. The number of piperidine rings is 1. The van der Waals surface area contributed by atoms with Crippen molar-refractivity contribution in [1.29, 1.82) is 5.26 Å². The predicted octanol–water partition coefficient (Wildman–Crippen LogP) is 4.04. The van der Waals surface area contributed by atoms with E-state index in [0.717, 1.165) is 16.7 Å². The van der Waals surface area contributed by atoms with E-state index >= 15 is 0 Å². The molecule has 39 heavy (non-hydrogen) atoms. The Hall–Kier alpha value is -4.97. The molecule has 1 fully saturated rings. The van der Waals surface area contributed by atoms with E-state index in [1.54, 1.807) is 24.3 Å². The Bertz CT molecular complexity index is 1550. The Morgan fingerprint density at radius 2 is 1.82 bits per heavy atom. The highest BCUT2D eigenvalue weighted by molar-refractivity contribution is 6.05. The van der Waals surface area contributed by atoms with Crippen LogP contribution in [0.25, 0.3) is 11.1 Å². The lowest BCUT2D eigenvalue weighted by Crippen LogP contribution is -2.52. The van der Waals surface area contributed by atoms with Crippen molar-refractivity contribution >= 4 is 29.4 Å². The molecule has 9 nitrogen and oxygen atoms in total. The normalized spacial score (nSPS) is 16.8. The van der Waals surface area contributed by atoms with Gasteiger partial charge in [-0.3, -0.25) is 19.7 Å². The number of urea groups is 1. The standard InChI is InChI=1S/C30H27N5O4/c1-30(2,21-8-5-7-18(14-21)23-9-4-3-6-19(23)16-31)34-29(39)32-22-10-11-24-20(15-22)17-35(28(24)38)25-12-13-26(36)33-27(25)37/h3-11,14-15,25H,12-13,17H2,1-2H3,(H2,32,34,39)(H,33,36,37). The summed E-state index contributed by atoms with van der Waals surface area (Å²) >= 11 is 0. The van der Waals surface area contributed by atoms with Crippen LogP contribution in [0.4, 0.5) is 10.5 Å². The highest BCUT2D eigenvalue weighted by Gasteiger charge is 2.39. The van der Waals surface area contributed by atoms with Crippen LogP contribution in [-0.2, 0) is 21.7 Å². The molecule has 3 aromatic rings. The van der Waals surface area contributed by atoms with Crippen LogP contribution in [0, 0.1) is 11.3 Å². The molecule has 1 saturated heterocycles. The Balaban J connectivity index is 1.28. The number of rotatable bonds is 5. The number of fused-ring (bicyclic) bond motifs is 1. The molecule has 196 valence electrons. The van der Waals surface area contributed by atoms with Crippen LogP contribution >= 0.6 is 0 Å². The number of carbonyl (C=O) groups excluding carboxylic acids is 4. The molecule has 0 spiro atoms. The van der Waals surface area contributed by atoms with Gasteiger partial charge < -0.3 is 15.5 Å². The number of nitrogens with one attached hydrogen (secondary N) is 3. The maximum Gasteiger partial charge on any atom is 0.319 e. The Kier molecular flexibility index (Phi) is 6.62. The smallest absolute Gasteiger partial charge is 0.319 e. The topological polar surface area (TPSA) is 131 Å². The molecule has 2 aliphatic rings. The van der Waals surface area contributed by atoms with E-state index in [1.807, 2.05) is 56.3 Å². The number of hydrogen-bond acceptors (Lipinski definition) is 5. The number of nitrogens with zero attached hydrogens (tertiary/aromatic N) is 2. The largest absolute Gasteiger partial charge is 0.329 e.